The van der Waals surface area contributed by atoms with Gasteiger partial charge >= 0.3 is 0 Å². The highest BCUT2D eigenvalue weighted by Gasteiger charge is 2.32. The maximum atomic E-state index is 12.3. The molecule has 3 rings (SSSR count). The summed E-state index contributed by atoms with van der Waals surface area (Å²) in [5.74, 6) is 0.183. The van der Waals surface area contributed by atoms with Gasteiger partial charge in [-0.2, -0.15) is 0 Å². The molecule has 1 aliphatic heterocycles. The number of benzene rings is 2. The molecule has 2 aromatic rings. The van der Waals surface area contributed by atoms with Crippen molar-refractivity contribution in [3.05, 3.63) is 53.1 Å². The highest BCUT2D eigenvalue weighted by atomic mass is 35.5. The zero-order chi connectivity index (χ0) is 19.4. The number of rotatable bonds is 5. The third kappa shape index (κ3) is 5.02. The van der Waals surface area contributed by atoms with Crippen LogP contribution in [0.5, 0.6) is 5.75 Å². The standard InChI is InChI=1S/C19H18ClN3O3S/c1-11-6-7-13(9-15(11)20)21-17(24)10-16-18(25)23-19(27-16)22-12-4-3-5-14(8-12)26-2/h3-9,16H,10H2,1-2H3,(H,21,24)(H,22,23,25)/t16-/m0/s1. The van der Waals surface area contributed by atoms with E-state index in [9.17, 15) is 9.59 Å². The van der Waals surface area contributed by atoms with E-state index in [1.165, 1.54) is 11.8 Å². The molecule has 1 atom stereocenters. The third-order valence-corrected chi connectivity index (χ3v) is 5.38. The number of methoxy groups -OCH3 is 1. The highest BCUT2D eigenvalue weighted by Crippen LogP contribution is 2.27. The summed E-state index contributed by atoms with van der Waals surface area (Å²) in [6.07, 6.45) is 0.0408. The van der Waals surface area contributed by atoms with Crippen LogP contribution in [0.2, 0.25) is 5.02 Å². The first-order chi connectivity index (χ1) is 12.9. The second-order valence-electron chi connectivity index (χ2n) is 5.93. The fourth-order valence-corrected chi connectivity index (χ4v) is 3.61. The minimum Gasteiger partial charge on any atom is -0.497 e. The number of anilines is 1. The zero-order valence-electron chi connectivity index (χ0n) is 14.8. The minimum absolute atomic E-state index is 0.0408. The summed E-state index contributed by atoms with van der Waals surface area (Å²) < 4.78 is 5.16. The largest absolute Gasteiger partial charge is 0.497 e. The number of carbonyl (C=O) groups excluding carboxylic acids is 2. The van der Waals surface area contributed by atoms with Crippen molar-refractivity contribution in [2.45, 2.75) is 18.6 Å². The summed E-state index contributed by atoms with van der Waals surface area (Å²) in [7, 11) is 1.58. The molecule has 0 saturated carbocycles. The lowest BCUT2D eigenvalue weighted by molar-refractivity contribution is -0.122. The number of hydrogen-bond donors (Lipinski definition) is 2. The van der Waals surface area contributed by atoms with E-state index in [1.807, 2.05) is 31.2 Å². The van der Waals surface area contributed by atoms with Gasteiger partial charge < -0.3 is 15.4 Å². The molecular formula is C19H18ClN3O3S. The lowest BCUT2D eigenvalue weighted by atomic mass is 10.2. The monoisotopic (exact) mass is 403 g/mol. The number of hydrogen-bond acceptors (Lipinski definition) is 5. The predicted molar refractivity (Wildman–Crippen MR) is 109 cm³/mol. The maximum Gasteiger partial charge on any atom is 0.240 e. The fourth-order valence-electron chi connectivity index (χ4n) is 2.44. The van der Waals surface area contributed by atoms with Gasteiger partial charge in [-0.25, -0.2) is 4.99 Å². The molecule has 0 radical (unpaired) electrons. The van der Waals surface area contributed by atoms with Gasteiger partial charge in [0.25, 0.3) is 0 Å². The lowest BCUT2D eigenvalue weighted by Gasteiger charge is -2.08. The van der Waals surface area contributed by atoms with Crippen LogP contribution < -0.4 is 15.4 Å². The average molecular weight is 404 g/mol. The van der Waals surface area contributed by atoms with Gasteiger partial charge in [-0.15, -0.1) is 0 Å². The summed E-state index contributed by atoms with van der Waals surface area (Å²) >= 11 is 7.30. The molecule has 0 aromatic heterocycles. The normalized spacial score (nSPS) is 17.7. The molecule has 1 saturated heterocycles. The van der Waals surface area contributed by atoms with Crippen LogP contribution in [-0.2, 0) is 9.59 Å². The van der Waals surface area contributed by atoms with Gasteiger partial charge in [0, 0.05) is 23.2 Å². The molecule has 27 heavy (non-hydrogen) atoms. The van der Waals surface area contributed by atoms with Crippen molar-refractivity contribution in [1.82, 2.24) is 5.32 Å². The van der Waals surface area contributed by atoms with Crippen LogP contribution in [0.3, 0.4) is 0 Å². The van der Waals surface area contributed by atoms with Crippen molar-refractivity contribution in [1.29, 1.82) is 0 Å². The Hall–Kier alpha value is -2.51. The molecule has 6 nitrogen and oxygen atoms in total. The van der Waals surface area contributed by atoms with E-state index in [0.717, 1.165) is 5.56 Å². The van der Waals surface area contributed by atoms with Crippen LogP contribution >= 0.6 is 23.4 Å². The van der Waals surface area contributed by atoms with Crippen LogP contribution in [0.25, 0.3) is 0 Å². The van der Waals surface area contributed by atoms with Gasteiger partial charge in [-0.1, -0.05) is 35.5 Å². The van der Waals surface area contributed by atoms with Gasteiger partial charge in [0.05, 0.1) is 12.8 Å². The number of thioether (sulfide) groups is 1. The van der Waals surface area contributed by atoms with E-state index < -0.39 is 5.25 Å². The van der Waals surface area contributed by atoms with Gasteiger partial charge in [0.2, 0.25) is 11.8 Å². The second-order valence-corrected chi connectivity index (χ2v) is 7.53. The Balaban J connectivity index is 1.62. The van der Waals surface area contributed by atoms with E-state index in [-0.39, 0.29) is 18.2 Å². The molecule has 0 unspecified atom stereocenters. The van der Waals surface area contributed by atoms with Crippen molar-refractivity contribution in [3.63, 3.8) is 0 Å². The Morgan fingerprint density at radius 1 is 1.33 bits per heavy atom. The number of aliphatic imine (C=N–C) groups is 1. The SMILES string of the molecule is COc1cccc(N=C2NC(=O)[C@H](CC(=O)Nc3ccc(C)c(Cl)c3)S2)c1. The zero-order valence-corrected chi connectivity index (χ0v) is 16.4. The van der Waals surface area contributed by atoms with Gasteiger partial charge in [-0.3, -0.25) is 9.59 Å². The van der Waals surface area contributed by atoms with Gasteiger partial charge in [0.1, 0.15) is 11.0 Å². The van der Waals surface area contributed by atoms with E-state index in [2.05, 4.69) is 15.6 Å². The summed E-state index contributed by atoms with van der Waals surface area (Å²) in [5, 5.41) is 5.98. The van der Waals surface area contributed by atoms with Gasteiger partial charge in [0.15, 0.2) is 5.17 Å². The number of carbonyl (C=O) groups is 2. The van der Waals surface area contributed by atoms with Crippen LogP contribution in [0.1, 0.15) is 12.0 Å². The van der Waals surface area contributed by atoms with Crippen molar-refractivity contribution >= 4 is 51.7 Å². The highest BCUT2D eigenvalue weighted by molar-refractivity contribution is 8.15. The van der Waals surface area contributed by atoms with Crippen molar-refractivity contribution < 1.29 is 14.3 Å². The molecule has 0 spiro atoms. The number of nitrogens with one attached hydrogen (secondary N) is 2. The molecule has 140 valence electrons. The summed E-state index contributed by atoms with van der Waals surface area (Å²) in [5.41, 5.74) is 2.19. The van der Waals surface area contributed by atoms with E-state index in [0.29, 0.717) is 27.3 Å². The molecule has 1 heterocycles. The van der Waals surface area contributed by atoms with Crippen molar-refractivity contribution in [3.8, 4) is 5.75 Å². The number of amides is 2. The lowest BCUT2D eigenvalue weighted by Crippen LogP contribution is -2.28. The Labute approximate surface area is 166 Å². The van der Waals surface area contributed by atoms with E-state index in [1.54, 1.807) is 25.3 Å². The molecule has 0 bridgehead atoms. The summed E-state index contributed by atoms with van der Waals surface area (Å²) in [6.45, 7) is 1.89. The van der Waals surface area contributed by atoms with Gasteiger partial charge in [-0.05, 0) is 36.8 Å². The summed E-state index contributed by atoms with van der Waals surface area (Å²) in [6, 6.07) is 12.5. The number of ether oxygens (including phenoxy) is 1. The quantitative estimate of drug-likeness (QED) is 0.793. The third-order valence-electron chi connectivity index (χ3n) is 3.89. The molecule has 2 N–H and O–H groups in total. The van der Waals surface area contributed by atoms with Crippen LogP contribution in [0.4, 0.5) is 11.4 Å². The number of aryl methyl sites for hydroxylation is 1. The number of amidine groups is 1. The van der Waals surface area contributed by atoms with Crippen LogP contribution in [-0.4, -0.2) is 29.3 Å². The number of nitrogens with zero attached hydrogens (tertiary/aromatic N) is 1. The topological polar surface area (TPSA) is 79.8 Å². The molecule has 2 amide bonds. The fraction of sp³-hybridized carbons (Fsp3) is 0.211. The first-order valence-corrected chi connectivity index (χ1v) is 9.46. The van der Waals surface area contributed by atoms with Crippen molar-refractivity contribution in [2.75, 3.05) is 12.4 Å². The molecule has 8 heteroatoms. The molecular weight excluding hydrogens is 386 g/mol. The first kappa shape index (κ1) is 19.3. The predicted octanol–water partition coefficient (Wildman–Crippen LogP) is 3.90. The maximum absolute atomic E-state index is 12.3. The molecule has 1 aliphatic rings. The Morgan fingerprint density at radius 3 is 2.89 bits per heavy atom. The molecule has 0 aliphatic carbocycles. The van der Waals surface area contributed by atoms with Crippen LogP contribution in [0.15, 0.2) is 47.5 Å². The Kier molecular flexibility index (Phi) is 6.03. The Morgan fingerprint density at radius 2 is 2.15 bits per heavy atom. The second kappa shape index (κ2) is 8.45. The molecule has 1 fully saturated rings. The first-order valence-electron chi connectivity index (χ1n) is 8.21. The van der Waals surface area contributed by atoms with E-state index >= 15 is 0 Å². The van der Waals surface area contributed by atoms with E-state index in [4.69, 9.17) is 16.3 Å². The molecule has 2 aromatic carbocycles. The average Bonchev–Trinajstić information content (AvgIpc) is 2.97. The number of halogens is 1. The minimum atomic E-state index is -0.532. The van der Waals surface area contributed by atoms with Crippen LogP contribution in [0, 0.1) is 6.92 Å². The smallest absolute Gasteiger partial charge is 0.240 e. The Bertz CT molecular complexity index is 917. The van der Waals surface area contributed by atoms with Crippen molar-refractivity contribution in [2.24, 2.45) is 4.99 Å². The summed E-state index contributed by atoms with van der Waals surface area (Å²) in [4.78, 5) is 28.8.